The highest BCUT2D eigenvalue weighted by atomic mass is 16.5. The second kappa shape index (κ2) is 6.54. The van der Waals surface area contributed by atoms with Gasteiger partial charge >= 0.3 is 5.97 Å². The van der Waals surface area contributed by atoms with E-state index in [-0.39, 0.29) is 17.9 Å². The maximum atomic E-state index is 12.1. The molecule has 1 fully saturated rings. The number of hydrogen-bond acceptors (Lipinski definition) is 5. The van der Waals surface area contributed by atoms with Crippen molar-refractivity contribution in [2.75, 3.05) is 24.6 Å². The Hall–Kier alpha value is -1.85. The summed E-state index contributed by atoms with van der Waals surface area (Å²) in [4.78, 5) is 32.8. The van der Waals surface area contributed by atoms with Crippen molar-refractivity contribution in [1.29, 1.82) is 0 Å². The quantitative estimate of drug-likeness (QED) is 0.819. The molecule has 2 heterocycles. The van der Waals surface area contributed by atoms with Crippen LogP contribution in [0.1, 0.15) is 37.4 Å². The van der Waals surface area contributed by atoms with Gasteiger partial charge in [-0.05, 0) is 33.1 Å². The predicted octanol–water partition coefficient (Wildman–Crippen LogP) is 1.17. The molecule has 0 atom stereocenters. The Bertz CT molecular complexity index is 533. The van der Waals surface area contributed by atoms with Crippen molar-refractivity contribution in [3.8, 4) is 0 Å². The number of nitrogens with one attached hydrogen (secondary N) is 1. The van der Waals surface area contributed by atoms with Crippen molar-refractivity contribution < 1.29 is 9.53 Å². The third-order valence-electron chi connectivity index (χ3n) is 3.50. The van der Waals surface area contributed by atoms with E-state index in [0.717, 1.165) is 25.9 Å². The van der Waals surface area contributed by atoms with Gasteiger partial charge in [-0.25, -0.2) is 4.98 Å². The van der Waals surface area contributed by atoms with Gasteiger partial charge in [0.25, 0.3) is 5.56 Å². The molecule has 6 heteroatoms. The van der Waals surface area contributed by atoms with Crippen molar-refractivity contribution in [1.82, 2.24) is 9.97 Å². The Balaban J connectivity index is 2.10. The lowest BCUT2D eigenvalue weighted by Gasteiger charge is -2.16. The van der Waals surface area contributed by atoms with Crippen LogP contribution in [0.5, 0.6) is 0 Å². The molecule has 0 unspecified atom stereocenters. The second-order valence-electron chi connectivity index (χ2n) is 4.95. The van der Waals surface area contributed by atoms with Gasteiger partial charge in [0, 0.05) is 30.8 Å². The van der Waals surface area contributed by atoms with Gasteiger partial charge in [-0.15, -0.1) is 0 Å². The highest BCUT2D eigenvalue weighted by Gasteiger charge is 2.17. The van der Waals surface area contributed by atoms with E-state index in [9.17, 15) is 9.59 Å². The third-order valence-corrected chi connectivity index (χ3v) is 3.50. The van der Waals surface area contributed by atoms with Gasteiger partial charge in [0.05, 0.1) is 6.61 Å². The van der Waals surface area contributed by atoms with E-state index in [0.29, 0.717) is 30.2 Å². The maximum absolute atomic E-state index is 12.1. The number of aromatic amines is 1. The minimum Gasteiger partial charge on any atom is -0.466 e. The summed E-state index contributed by atoms with van der Waals surface area (Å²) in [5.74, 6) is 0.361. The molecule has 1 saturated heterocycles. The minimum absolute atomic E-state index is 0.149. The van der Waals surface area contributed by atoms with E-state index in [1.165, 1.54) is 0 Å². The summed E-state index contributed by atoms with van der Waals surface area (Å²) in [5, 5.41) is 0. The molecule has 1 aliphatic rings. The zero-order chi connectivity index (χ0) is 14.5. The number of rotatable bonds is 5. The molecule has 0 aromatic carbocycles. The van der Waals surface area contributed by atoms with Crippen LogP contribution < -0.4 is 10.5 Å². The molecule has 110 valence electrons. The van der Waals surface area contributed by atoms with E-state index in [2.05, 4.69) is 14.9 Å². The smallest absolute Gasteiger partial charge is 0.306 e. The molecule has 0 saturated carbocycles. The van der Waals surface area contributed by atoms with Crippen LogP contribution in [-0.4, -0.2) is 35.6 Å². The number of nitrogens with zero attached hydrogens (tertiary/aromatic N) is 2. The molecule has 1 aliphatic heterocycles. The first-order valence-corrected chi connectivity index (χ1v) is 7.12. The van der Waals surface area contributed by atoms with Crippen LogP contribution in [-0.2, 0) is 16.0 Å². The Morgan fingerprint density at radius 2 is 2.10 bits per heavy atom. The monoisotopic (exact) mass is 279 g/mol. The third kappa shape index (κ3) is 3.37. The van der Waals surface area contributed by atoms with E-state index in [1.54, 1.807) is 6.92 Å². The number of aromatic nitrogens is 2. The Kier molecular flexibility index (Phi) is 4.76. The average molecular weight is 279 g/mol. The van der Waals surface area contributed by atoms with Crippen molar-refractivity contribution in [2.45, 2.75) is 39.5 Å². The number of aryl methyl sites for hydroxylation is 1. The van der Waals surface area contributed by atoms with E-state index in [4.69, 9.17) is 4.74 Å². The molecule has 1 aromatic rings. The standard InChI is InChI=1S/C14H21N3O3/c1-3-20-12(18)7-6-11-10(2)15-14(16-13(11)19)17-8-4-5-9-17/h3-9H2,1-2H3,(H,15,16,19). The number of ether oxygens (including phenoxy) is 1. The zero-order valence-electron chi connectivity index (χ0n) is 12.1. The fourth-order valence-corrected chi connectivity index (χ4v) is 2.43. The van der Waals surface area contributed by atoms with Gasteiger partial charge < -0.3 is 9.64 Å². The van der Waals surface area contributed by atoms with Gasteiger partial charge in [0.1, 0.15) is 0 Å². The van der Waals surface area contributed by atoms with E-state index >= 15 is 0 Å². The van der Waals surface area contributed by atoms with Gasteiger partial charge in [0.2, 0.25) is 5.95 Å². The normalized spacial score (nSPS) is 14.6. The molecule has 6 nitrogen and oxygen atoms in total. The summed E-state index contributed by atoms with van der Waals surface area (Å²) in [5.41, 5.74) is 1.12. The molecule has 1 N–H and O–H groups in total. The summed E-state index contributed by atoms with van der Waals surface area (Å²) in [6.45, 7) is 5.81. The van der Waals surface area contributed by atoms with Gasteiger partial charge in [-0.3, -0.25) is 14.6 Å². The fraction of sp³-hybridized carbons (Fsp3) is 0.643. The van der Waals surface area contributed by atoms with Gasteiger partial charge in [-0.2, -0.15) is 0 Å². The van der Waals surface area contributed by atoms with Crippen LogP contribution in [0.25, 0.3) is 0 Å². The molecule has 0 bridgehead atoms. The number of esters is 1. The topological polar surface area (TPSA) is 75.3 Å². The van der Waals surface area contributed by atoms with Gasteiger partial charge in [0.15, 0.2) is 0 Å². The largest absolute Gasteiger partial charge is 0.466 e. The van der Waals surface area contributed by atoms with E-state index < -0.39 is 0 Å². The SMILES string of the molecule is CCOC(=O)CCc1c(C)nc(N2CCCC2)[nH]c1=O. The second-order valence-corrected chi connectivity index (χ2v) is 4.95. The maximum Gasteiger partial charge on any atom is 0.306 e. The molecular formula is C14H21N3O3. The van der Waals surface area contributed by atoms with E-state index in [1.807, 2.05) is 6.92 Å². The summed E-state index contributed by atoms with van der Waals surface area (Å²) in [7, 11) is 0. The summed E-state index contributed by atoms with van der Waals surface area (Å²) in [6, 6.07) is 0. The van der Waals surface area contributed by atoms with Crippen LogP contribution in [0.15, 0.2) is 4.79 Å². The highest BCUT2D eigenvalue weighted by molar-refractivity contribution is 5.69. The minimum atomic E-state index is -0.282. The first-order valence-electron chi connectivity index (χ1n) is 7.12. The lowest BCUT2D eigenvalue weighted by atomic mass is 10.1. The van der Waals surface area contributed by atoms with Crippen LogP contribution in [0.4, 0.5) is 5.95 Å². The molecule has 0 amide bonds. The molecule has 2 rings (SSSR count). The fourth-order valence-electron chi connectivity index (χ4n) is 2.43. The predicted molar refractivity (Wildman–Crippen MR) is 76.0 cm³/mol. The van der Waals surface area contributed by atoms with Crippen LogP contribution in [0.2, 0.25) is 0 Å². The summed E-state index contributed by atoms with van der Waals surface area (Å²) in [6.07, 6.45) is 2.84. The first-order chi connectivity index (χ1) is 9.61. The van der Waals surface area contributed by atoms with Crippen molar-refractivity contribution in [2.24, 2.45) is 0 Å². The lowest BCUT2D eigenvalue weighted by Crippen LogP contribution is -2.26. The van der Waals surface area contributed by atoms with Crippen molar-refractivity contribution >= 4 is 11.9 Å². The molecular weight excluding hydrogens is 258 g/mol. The molecule has 0 radical (unpaired) electrons. The Morgan fingerprint density at radius 1 is 1.40 bits per heavy atom. The van der Waals surface area contributed by atoms with Crippen LogP contribution in [0.3, 0.4) is 0 Å². The average Bonchev–Trinajstić information content (AvgIpc) is 2.91. The Labute approximate surface area is 118 Å². The lowest BCUT2D eigenvalue weighted by molar-refractivity contribution is -0.143. The van der Waals surface area contributed by atoms with Crippen LogP contribution >= 0.6 is 0 Å². The van der Waals surface area contributed by atoms with Crippen molar-refractivity contribution in [3.05, 3.63) is 21.6 Å². The molecule has 1 aromatic heterocycles. The zero-order valence-corrected chi connectivity index (χ0v) is 12.1. The number of carbonyl (C=O) groups is 1. The molecule has 20 heavy (non-hydrogen) atoms. The summed E-state index contributed by atoms with van der Waals surface area (Å²) < 4.78 is 4.87. The Morgan fingerprint density at radius 3 is 2.70 bits per heavy atom. The molecule has 0 spiro atoms. The van der Waals surface area contributed by atoms with Crippen LogP contribution in [0, 0.1) is 6.92 Å². The number of carbonyl (C=O) groups excluding carboxylic acids is 1. The van der Waals surface area contributed by atoms with Gasteiger partial charge in [-0.1, -0.05) is 0 Å². The summed E-state index contributed by atoms with van der Waals surface area (Å²) >= 11 is 0. The number of hydrogen-bond donors (Lipinski definition) is 1. The van der Waals surface area contributed by atoms with Crippen molar-refractivity contribution in [3.63, 3.8) is 0 Å². The number of H-pyrrole nitrogens is 1. The molecule has 0 aliphatic carbocycles. The highest BCUT2D eigenvalue weighted by Crippen LogP contribution is 2.15. The first kappa shape index (κ1) is 14.6. The number of anilines is 1.